The number of hydrogen-bond donors (Lipinski definition) is 3. The highest BCUT2D eigenvalue weighted by Crippen LogP contribution is 2.25. The summed E-state index contributed by atoms with van der Waals surface area (Å²) in [7, 11) is 0. The van der Waals surface area contributed by atoms with Crippen LogP contribution in [-0.4, -0.2) is 21.4 Å². The Hall–Kier alpha value is -0.220. The zero-order valence-electron chi connectivity index (χ0n) is 6.38. The van der Waals surface area contributed by atoms with Gasteiger partial charge in [-0.1, -0.05) is 0 Å². The minimum atomic E-state index is -1.28. The van der Waals surface area contributed by atoms with E-state index in [1.807, 2.05) is 0 Å². The first-order valence-electron chi connectivity index (χ1n) is 2.94. The summed E-state index contributed by atoms with van der Waals surface area (Å²) >= 11 is 4.07. The summed E-state index contributed by atoms with van der Waals surface area (Å²) in [6.07, 6.45) is 0. The molecule has 0 aliphatic carbocycles. The lowest BCUT2D eigenvalue weighted by atomic mass is 9.89. The molecule has 3 N–H and O–H groups in total. The van der Waals surface area contributed by atoms with Crippen LogP contribution >= 0.6 is 12.6 Å². The SMILES string of the molecule is CC(C)(S)C(C)(N)C(=O)O. The van der Waals surface area contributed by atoms with Gasteiger partial charge in [0.1, 0.15) is 5.54 Å². The number of rotatable bonds is 2. The van der Waals surface area contributed by atoms with Crippen LogP contribution < -0.4 is 5.73 Å². The molecular weight excluding hydrogens is 150 g/mol. The quantitative estimate of drug-likeness (QED) is 0.519. The van der Waals surface area contributed by atoms with E-state index in [9.17, 15) is 4.79 Å². The normalized spacial score (nSPS) is 18.1. The first kappa shape index (κ1) is 9.78. The number of aliphatic carboxylic acids is 1. The van der Waals surface area contributed by atoms with Crippen LogP contribution in [0, 0.1) is 0 Å². The number of carboxylic acid groups (broad SMARTS) is 1. The zero-order valence-corrected chi connectivity index (χ0v) is 7.27. The van der Waals surface area contributed by atoms with Gasteiger partial charge in [0, 0.05) is 4.75 Å². The van der Waals surface area contributed by atoms with Crippen molar-refractivity contribution in [3.05, 3.63) is 0 Å². The molecule has 0 bridgehead atoms. The van der Waals surface area contributed by atoms with Gasteiger partial charge in [0.05, 0.1) is 0 Å². The van der Waals surface area contributed by atoms with Gasteiger partial charge in [-0.25, -0.2) is 0 Å². The van der Waals surface area contributed by atoms with Crippen LogP contribution in [0.25, 0.3) is 0 Å². The van der Waals surface area contributed by atoms with Crippen LogP contribution in [0.2, 0.25) is 0 Å². The lowest BCUT2D eigenvalue weighted by Gasteiger charge is -2.32. The smallest absolute Gasteiger partial charge is 0.324 e. The van der Waals surface area contributed by atoms with E-state index < -0.39 is 16.3 Å². The predicted molar refractivity (Wildman–Crippen MR) is 43.3 cm³/mol. The van der Waals surface area contributed by atoms with Gasteiger partial charge in [-0.15, -0.1) is 0 Å². The Labute approximate surface area is 66.0 Å². The summed E-state index contributed by atoms with van der Waals surface area (Å²) in [5.74, 6) is -1.03. The molecular formula is C6H13NO2S. The fraction of sp³-hybridized carbons (Fsp3) is 0.833. The van der Waals surface area contributed by atoms with Gasteiger partial charge in [0.25, 0.3) is 0 Å². The summed E-state index contributed by atoms with van der Waals surface area (Å²) in [5.41, 5.74) is 4.18. The fourth-order valence-corrected chi connectivity index (χ4v) is 0.357. The summed E-state index contributed by atoms with van der Waals surface area (Å²) < 4.78 is -0.709. The second kappa shape index (κ2) is 2.43. The maximum absolute atomic E-state index is 10.5. The van der Waals surface area contributed by atoms with Gasteiger partial charge in [0.2, 0.25) is 0 Å². The summed E-state index contributed by atoms with van der Waals surface area (Å²) in [4.78, 5) is 10.5. The molecule has 0 fully saturated rings. The van der Waals surface area contributed by atoms with Gasteiger partial charge in [-0.3, -0.25) is 4.79 Å². The van der Waals surface area contributed by atoms with Crippen molar-refractivity contribution >= 4 is 18.6 Å². The van der Waals surface area contributed by atoms with Crippen LogP contribution in [-0.2, 0) is 4.79 Å². The molecule has 0 saturated heterocycles. The lowest BCUT2D eigenvalue weighted by molar-refractivity contribution is -0.143. The molecule has 1 unspecified atom stereocenters. The van der Waals surface area contributed by atoms with E-state index in [0.29, 0.717) is 0 Å². The maximum Gasteiger partial charge on any atom is 0.324 e. The molecule has 60 valence electrons. The highest BCUT2D eigenvalue weighted by atomic mass is 32.1. The highest BCUT2D eigenvalue weighted by molar-refractivity contribution is 7.81. The second-order valence-electron chi connectivity index (χ2n) is 3.07. The van der Waals surface area contributed by atoms with Crippen LogP contribution in [0.1, 0.15) is 20.8 Å². The Morgan fingerprint density at radius 2 is 1.80 bits per heavy atom. The fourth-order valence-electron chi connectivity index (χ4n) is 0.262. The first-order valence-corrected chi connectivity index (χ1v) is 3.39. The molecule has 1 atom stereocenters. The van der Waals surface area contributed by atoms with Crippen molar-refractivity contribution in [2.75, 3.05) is 0 Å². The molecule has 0 rings (SSSR count). The van der Waals surface area contributed by atoms with E-state index in [1.165, 1.54) is 6.92 Å². The molecule has 0 aromatic rings. The average Bonchev–Trinajstić information content (AvgIpc) is 1.62. The minimum absolute atomic E-state index is 0.709. The molecule has 0 aromatic carbocycles. The maximum atomic E-state index is 10.5. The third kappa shape index (κ3) is 1.64. The van der Waals surface area contributed by atoms with Crippen molar-refractivity contribution in [3.8, 4) is 0 Å². The molecule has 0 saturated carbocycles. The van der Waals surface area contributed by atoms with Crippen molar-refractivity contribution in [3.63, 3.8) is 0 Å². The van der Waals surface area contributed by atoms with Gasteiger partial charge >= 0.3 is 5.97 Å². The monoisotopic (exact) mass is 163 g/mol. The Morgan fingerprint density at radius 1 is 1.50 bits per heavy atom. The number of carboxylic acids is 1. The Morgan fingerprint density at radius 3 is 1.80 bits per heavy atom. The van der Waals surface area contributed by atoms with Crippen molar-refractivity contribution in [2.45, 2.75) is 31.1 Å². The van der Waals surface area contributed by atoms with Crippen LogP contribution in [0.4, 0.5) is 0 Å². The zero-order chi connectivity index (χ0) is 8.58. The van der Waals surface area contributed by atoms with E-state index in [4.69, 9.17) is 10.8 Å². The first-order chi connectivity index (χ1) is 4.19. The standard InChI is InChI=1S/C6H13NO2S/c1-5(2,10)6(3,7)4(8)9/h10H,7H2,1-3H3,(H,8,9). The third-order valence-electron chi connectivity index (χ3n) is 1.72. The van der Waals surface area contributed by atoms with Crippen molar-refractivity contribution in [1.82, 2.24) is 0 Å². The van der Waals surface area contributed by atoms with Gasteiger partial charge < -0.3 is 10.8 Å². The molecule has 0 aliphatic heterocycles. The Bertz CT molecular complexity index is 148. The Kier molecular flexibility index (Phi) is 2.38. The van der Waals surface area contributed by atoms with E-state index >= 15 is 0 Å². The minimum Gasteiger partial charge on any atom is -0.480 e. The van der Waals surface area contributed by atoms with Gasteiger partial charge in [-0.2, -0.15) is 12.6 Å². The summed E-state index contributed by atoms with van der Waals surface area (Å²) in [5, 5.41) is 8.60. The van der Waals surface area contributed by atoms with E-state index in [0.717, 1.165) is 0 Å². The molecule has 0 spiro atoms. The van der Waals surface area contributed by atoms with Crippen molar-refractivity contribution in [2.24, 2.45) is 5.73 Å². The second-order valence-corrected chi connectivity index (χ2v) is 4.18. The third-order valence-corrected chi connectivity index (χ3v) is 2.18. The summed E-state index contributed by atoms with van der Waals surface area (Å²) in [6.45, 7) is 4.79. The number of carbonyl (C=O) groups is 1. The summed E-state index contributed by atoms with van der Waals surface area (Å²) in [6, 6.07) is 0. The van der Waals surface area contributed by atoms with E-state index in [1.54, 1.807) is 13.8 Å². The molecule has 4 heteroatoms. The van der Waals surface area contributed by atoms with Crippen LogP contribution in [0.5, 0.6) is 0 Å². The van der Waals surface area contributed by atoms with E-state index in [-0.39, 0.29) is 0 Å². The number of hydrogen-bond acceptors (Lipinski definition) is 3. The van der Waals surface area contributed by atoms with Crippen LogP contribution in [0.3, 0.4) is 0 Å². The van der Waals surface area contributed by atoms with Gasteiger partial charge in [0.15, 0.2) is 0 Å². The number of thiol groups is 1. The molecule has 0 radical (unpaired) electrons. The molecule has 0 heterocycles. The molecule has 0 aliphatic rings. The van der Waals surface area contributed by atoms with E-state index in [2.05, 4.69) is 12.6 Å². The van der Waals surface area contributed by atoms with Crippen molar-refractivity contribution in [1.29, 1.82) is 0 Å². The molecule has 0 aromatic heterocycles. The predicted octanol–water partition coefficient (Wildman–Crippen LogP) is 0.497. The van der Waals surface area contributed by atoms with Crippen molar-refractivity contribution < 1.29 is 9.90 Å². The lowest BCUT2D eigenvalue weighted by Crippen LogP contribution is -2.57. The largest absolute Gasteiger partial charge is 0.480 e. The van der Waals surface area contributed by atoms with Crippen LogP contribution in [0.15, 0.2) is 0 Å². The molecule has 10 heavy (non-hydrogen) atoms. The number of nitrogens with two attached hydrogens (primary N) is 1. The highest BCUT2D eigenvalue weighted by Gasteiger charge is 2.41. The molecule has 0 amide bonds. The molecule has 3 nitrogen and oxygen atoms in total. The average molecular weight is 163 g/mol. The topological polar surface area (TPSA) is 63.3 Å². The Balaban J connectivity index is 4.57. The van der Waals surface area contributed by atoms with Gasteiger partial charge in [-0.05, 0) is 20.8 Å².